The number of nitriles is 1. The lowest BCUT2D eigenvalue weighted by atomic mass is 10.00. The van der Waals surface area contributed by atoms with Gasteiger partial charge in [-0.1, -0.05) is 5.16 Å². The van der Waals surface area contributed by atoms with Crippen molar-refractivity contribution in [1.82, 2.24) is 20.4 Å². The Hall–Kier alpha value is -1.98. The summed E-state index contributed by atoms with van der Waals surface area (Å²) >= 11 is 0. The number of aryl methyl sites for hydroxylation is 1. The van der Waals surface area contributed by atoms with Crippen LogP contribution in [-0.2, 0) is 9.53 Å². The molecular formula is C16H23N5O3. The molecule has 1 aromatic rings. The third kappa shape index (κ3) is 3.42. The van der Waals surface area contributed by atoms with E-state index in [0.717, 1.165) is 25.7 Å². The number of ether oxygens (including phenoxy) is 1. The second kappa shape index (κ2) is 6.87. The van der Waals surface area contributed by atoms with Crippen LogP contribution in [0.2, 0.25) is 0 Å². The van der Waals surface area contributed by atoms with Crippen molar-refractivity contribution in [3.63, 3.8) is 0 Å². The molecule has 8 heteroatoms. The highest BCUT2D eigenvalue weighted by Gasteiger charge is 2.40. The second-order valence-electron chi connectivity index (χ2n) is 6.67. The van der Waals surface area contributed by atoms with E-state index in [9.17, 15) is 10.1 Å². The van der Waals surface area contributed by atoms with E-state index in [1.807, 2.05) is 4.90 Å². The number of aromatic nitrogens is 2. The summed E-state index contributed by atoms with van der Waals surface area (Å²) in [6.45, 7) is 2.58. The molecule has 0 unspecified atom stereocenters. The Morgan fingerprint density at radius 1 is 1.54 bits per heavy atom. The summed E-state index contributed by atoms with van der Waals surface area (Å²) in [5.74, 6) is 0.941. The van der Waals surface area contributed by atoms with Crippen molar-refractivity contribution in [3.8, 4) is 6.07 Å². The third-order valence-electron chi connectivity index (χ3n) is 4.92. The molecule has 0 spiro atoms. The molecule has 0 bridgehead atoms. The van der Waals surface area contributed by atoms with Crippen LogP contribution in [-0.4, -0.2) is 52.8 Å². The molecule has 2 aliphatic rings. The molecule has 1 saturated carbocycles. The van der Waals surface area contributed by atoms with Crippen LogP contribution in [0.3, 0.4) is 0 Å². The van der Waals surface area contributed by atoms with Crippen molar-refractivity contribution < 1.29 is 14.1 Å². The van der Waals surface area contributed by atoms with Crippen LogP contribution in [0.4, 0.5) is 0 Å². The van der Waals surface area contributed by atoms with Crippen LogP contribution in [0, 0.1) is 18.3 Å². The van der Waals surface area contributed by atoms with Crippen molar-refractivity contribution in [2.45, 2.75) is 56.7 Å². The minimum atomic E-state index is -0.700. The number of rotatable bonds is 5. The maximum atomic E-state index is 12.5. The lowest BCUT2D eigenvalue weighted by Crippen LogP contribution is -2.49. The molecule has 24 heavy (non-hydrogen) atoms. The normalized spacial score (nSPS) is 26.4. The molecule has 0 aromatic carbocycles. The molecule has 2 fully saturated rings. The number of carbonyl (C=O) groups excluding carboxylic acids is 1. The smallest absolute Gasteiger partial charge is 0.244 e. The fraction of sp³-hybridized carbons (Fsp3) is 0.750. The second-order valence-corrected chi connectivity index (χ2v) is 6.67. The van der Waals surface area contributed by atoms with Crippen LogP contribution >= 0.6 is 0 Å². The number of hydrogen-bond donors (Lipinski definition) is 1. The van der Waals surface area contributed by atoms with E-state index >= 15 is 0 Å². The molecular weight excluding hydrogens is 310 g/mol. The van der Waals surface area contributed by atoms with Crippen molar-refractivity contribution in [2.75, 3.05) is 20.2 Å². The Bertz CT molecular complexity index is 632. The van der Waals surface area contributed by atoms with Crippen molar-refractivity contribution in [2.24, 2.45) is 0 Å². The molecule has 3 rings (SSSR count). The van der Waals surface area contributed by atoms with Gasteiger partial charge in [0.05, 0.1) is 24.8 Å². The predicted molar refractivity (Wildman–Crippen MR) is 83.7 cm³/mol. The fourth-order valence-corrected chi connectivity index (χ4v) is 3.65. The van der Waals surface area contributed by atoms with Gasteiger partial charge in [-0.25, -0.2) is 0 Å². The molecule has 2 heterocycles. The Kier molecular flexibility index (Phi) is 4.83. The number of nitrogens with zero attached hydrogens (tertiary/aromatic N) is 4. The van der Waals surface area contributed by atoms with Crippen LogP contribution in [0.1, 0.15) is 49.9 Å². The van der Waals surface area contributed by atoms with Gasteiger partial charge in [0.25, 0.3) is 0 Å². The summed E-state index contributed by atoms with van der Waals surface area (Å²) in [5.41, 5.74) is -0.700. The minimum absolute atomic E-state index is 0.0198. The van der Waals surface area contributed by atoms with E-state index in [0.29, 0.717) is 24.7 Å². The molecule has 1 aliphatic carbocycles. The topological polar surface area (TPSA) is 104 Å². The van der Waals surface area contributed by atoms with Gasteiger partial charge in [0.1, 0.15) is 5.54 Å². The van der Waals surface area contributed by atoms with Gasteiger partial charge in [-0.2, -0.15) is 10.2 Å². The average molecular weight is 333 g/mol. The van der Waals surface area contributed by atoms with E-state index in [2.05, 4.69) is 21.5 Å². The SMILES string of the molecule is CO[C@@H]1C[C@H](c2nc(C)no2)N(CC(=O)NC2(C#N)CCCC2)C1. The molecule has 1 N–H and O–H groups in total. The van der Waals surface area contributed by atoms with Crippen molar-refractivity contribution in [1.29, 1.82) is 5.26 Å². The fourth-order valence-electron chi connectivity index (χ4n) is 3.65. The van der Waals surface area contributed by atoms with Crippen LogP contribution < -0.4 is 5.32 Å². The third-order valence-corrected chi connectivity index (χ3v) is 4.92. The molecule has 1 aromatic heterocycles. The molecule has 1 saturated heterocycles. The summed E-state index contributed by atoms with van der Waals surface area (Å²) in [6, 6.07) is 2.15. The first-order valence-electron chi connectivity index (χ1n) is 8.34. The Balaban J connectivity index is 1.67. The first-order chi connectivity index (χ1) is 11.5. The lowest BCUT2D eigenvalue weighted by molar-refractivity contribution is -0.124. The van der Waals surface area contributed by atoms with Gasteiger partial charge in [0, 0.05) is 13.7 Å². The van der Waals surface area contributed by atoms with Gasteiger partial charge in [0.2, 0.25) is 11.8 Å². The summed E-state index contributed by atoms with van der Waals surface area (Å²) in [7, 11) is 1.66. The zero-order valence-electron chi connectivity index (χ0n) is 14.1. The van der Waals surface area contributed by atoms with Crippen molar-refractivity contribution >= 4 is 5.91 Å². The first kappa shape index (κ1) is 16.9. The minimum Gasteiger partial charge on any atom is -0.380 e. The number of hydrogen-bond acceptors (Lipinski definition) is 7. The molecule has 130 valence electrons. The van der Waals surface area contributed by atoms with Crippen molar-refractivity contribution in [3.05, 3.63) is 11.7 Å². The van der Waals surface area contributed by atoms with E-state index in [4.69, 9.17) is 9.26 Å². The highest BCUT2D eigenvalue weighted by molar-refractivity contribution is 5.79. The summed E-state index contributed by atoms with van der Waals surface area (Å²) in [5, 5.41) is 16.2. The van der Waals surface area contributed by atoms with E-state index < -0.39 is 5.54 Å². The lowest BCUT2D eigenvalue weighted by Gasteiger charge is -2.25. The van der Waals surface area contributed by atoms with Crippen LogP contribution in [0.15, 0.2) is 4.52 Å². The maximum absolute atomic E-state index is 12.5. The highest BCUT2D eigenvalue weighted by atomic mass is 16.5. The number of likely N-dealkylation sites (tertiary alicyclic amines) is 1. The Morgan fingerprint density at radius 2 is 2.29 bits per heavy atom. The van der Waals surface area contributed by atoms with Gasteiger partial charge in [-0.05, 0) is 39.0 Å². The summed E-state index contributed by atoms with van der Waals surface area (Å²) in [6.07, 6.45) is 4.13. The van der Waals surface area contributed by atoms with Crippen LogP contribution in [0.25, 0.3) is 0 Å². The van der Waals surface area contributed by atoms with Gasteiger partial charge in [0.15, 0.2) is 5.82 Å². The number of methoxy groups -OCH3 is 1. The zero-order valence-corrected chi connectivity index (χ0v) is 14.1. The monoisotopic (exact) mass is 333 g/mol. The Morgan fingerprint density at radius 3 is 2.88 bits per heavy atom. The molecule has 1 amide bonds. The largest absolute Gasteiger partial charge is 0.380 e. The number of carbonyl (C=O) groups is 1. The molecule has 8 nitrogen and oxygen atoms in total. The summed E-state index contributed by atoms with van der Waals surface area (Å²) < 4.78 is 10.7. The molecule has 2 atom stereocenters. The van der Waals surface area contributed by atoms with Gasteiger partial charge >= 0.3 is 0 Å². The van der Waals surface area contributed by atoms with Gasteiger partial charge < -0.3 is 14.6 Å². The molecule has 0 radical (unpaired) electrons. The van der Waals surface area contributed by atoms with Gasteiger partial charge in [-0.15, -0.1) is 0 Å². The number of amides is 1. The summed E-state index contributed by atoms with van der Waals surface area (Å²) in [4.78, 5) is 18.8. The standard InChI is InChI=1S/C16H23N5O3/c1-11-18-15(24-20-11)13-7-12(23-2)8-21(13)9-14(22)19-16(10-17)5-3-4-6-16/h12-13H,3-9H2,1-2H3,(H,19,22)/t12-,13-/m1/s1. The molecule has 1 aliphatic heterocycles. The first-order valence-corrected chi connectivity index (χ1v) is 8.34. The predicted octanol–water partition coefficient (Wildman–Crippen LogP) is 1.09. The van der Waals surface area contributed by atoms with E-state index in [1.165, 1.54) is 0 Å². The zero-order chi connectivity index (χ0) is 17.2. The Labute approximate surface area is 141 Å². The van der Waals surface area contributed by atoms with Crippen LogP contribution in [0.5, 0.6) is 0 Å². The van der Waals surface area contributed by atoms with E-state index in [1.54, 1.807) is 14.0 Å². The van der Waals surface area contributed by atoms with Gasteiger partial charge in [-0.3, -0.25) is 9.69 Å². The maximum Gasteiger partial charge on any atom is 0.244 e. The number of nitrogens with one attached hydrogen (secondary N) is 1. The quantitative estimate of drug-likeness (QED) is 0.860. The average Bonchev–Trinajstić information content (AvgIpc) is 3.27. The van der Waals surface area contributed by atoms with E-state index in [-0.39, 0.29) is 24.6 Å². The highest BCUT2D eigenvalue weighted by Crippen LogP contribution is 2.33.